The van der Waals surface area contributed by atoms with E-state index in [0.717, 1.165) is 0 Å². The number of alkyl halides is 3. The van der Waals surface area contributed by atoms with Gasteiger partial charge in [0.05, 0.1) is 6.61 Å². The largest absolute Gasteiger partial charge is 0.471 e. The monoisotopic (exact) mass is 305 g/mol. The fourth-order valence-corrected chi connectivity index (χ4v) is 1.56. The van der Waals surface area contributed by atoms with Gasteiger partial charge in [-0.3, -0.25) is 4.79 Å². The van der Waals surface area contributed by atoms with Crippen LogP contribution in [0.15, 0.2) is 30.3 Å². The average molecular weight is 305 g/mol. The Labute approximate surface area is 118 Å². The Balaban J connectivity index is 2.97. The fraction of sp³-hybridized carbons (Fsp3) is 0.385. The van der Waals surface area contributed by atoms with Crippen molar-refractivity contribution in [3.63, 3.8) is 0 Å². The lowest BCUT2D eigenvalue weighted by Gasteiger charge is -2.23. The molecule has 0 radical (unpaired) electrons. The van der Waals surface area contributed by atoms with Crippen LogP contribution in [0.2, 0.25) is 0 Å². The first kappa shape index (κ1) is 17.0. The number of aliphatic hydroxyl groups is 1. The summed E-state index contributed by atoms with van der Waals surface area (Å²) in [5.41, 5.74) is 0.179. The van der Waals surface area contributed by atoms with Crippen LogP contribution in [0, 0.1) is 0 Å². The molecule has 2 N–H and O–H groups in total. The molecule has 0 aromatic heterocycles. The van der Waals surface area contributed by atoms with Gasteiger partial charge >= 0.3 is 18.1 Å². The van der Waals surface area contributed by atoms with Crippen molar-refractivity contribution in [2.45, 2.75) is 25.2 Å². The second kappa shape index (κ2) is 7.07. The number of rotatable bonds is 5. The Morgan fingerprint density at radius 2 is 1.86 bits per heavy atom. The Kier molecular flexibility index (Phi) is 5.71. The first-order valence-corrected chi connectivity index (χ1v) is 6.04. The fourth-order valence-electron chi connectivity index (χ4n) is 1.56. The molecular weight excluding hydrogens is 291 g/mol. The van der Waals surface area contributed by atoms with Crippen molar-refractivity contribution in [3.8, 4) is 0 Å². The van der Waals surface area contributed by atoms with Gasteiger partial charge in [0.1, 0.15) is 6.10 Å². The Morgan fingerprint density at radius 3 is 2.33 bits per heavy atom. The number of carbonyl (C=O) groups excluding carboxylic acids is 2. The van der Waals surface area contributed by atoms with Gasteiger partial charge in [0, 0.05) is 0 Å². The van der Waals surface area contributed by atoms with Gasteiger partial charge in [0.2, 0.25) is 0 Å². The lowest BCUT2D eigenvalue weighted by Crippen LogP contribution is -2.50. The van der Waals surface area contributed by atoms with E-state index in [1.54, 1.807) is 6.07 Å². The number of carbonyl (C=O) groups is 2. The number of hydrogen-bond donors (Lipinski definition) is 2. The van der Waals surface area contributed by atoms with Gasteiger partial charge < -0.3 is 15.2 Å². The van der Waals surface area contributed by atoms with Crippen LogP contribution in [0.4, 0.5) is 13.2 Å². The van der Waals surface area contributed by atoms with Gasteiger partial charge in [-0.2, -0.15) is 13.2 Å². The normalized spacial score (nSPS) is 14.1. The van der Waals surface area contributed by atoms with E-state index in [1.807, 2.05) is 0 Å². The van der Waals surface area contributed by atoms with Crippen LogP contribution in [0.1, 0.15) is 18.6 Å². The maximum atomic E-state index is 12.3. The van der Waals surface area contributed by atoms with E-state index in [1.165, 1.54) is 36.5 Å². The molecule has 1 aromatic rings. The molecule has 2 unspecified atom stereocenters. The quantitative estimate of drug-likeness (QED) is 0.805. The molecule has 1 amide bonds. The molecule has 0 saturated carbocycles. The second-order valence-corrected chi connectivity index (χ2v) is 4.06. The molecule has 0 saturated heterocycles. The summed E-state index contributed by atoms with van der Waals surface area (Å²) in [4.78, 5) is 22.6. The van der Waals surface area contributed by atoms with Crippen molar-refractivity contribution in [2.75, 3.05) is 6.61 Å². The number of amides is 1. The minimum Gasteiger partial charge on any atom is -0.464 e. The first-order chi connectivity index (χ1) is 9.77. The molecular formula is C13H14F3NO4. The minimum atomic E-state index is -5.17. The smallest absolute Gasteiger partial charge is 0.464 e. The van der Waals surface area contributed by atoms with Gasteiger partial charge in [-0.05, 0) is 12.5 Å². The molecule has 0 bridgehead atoms. The van der Waals surface area contributed by atoms with Crippen LogP contribution in [0.5, 0.6) is 0 Å². The van der Waals surface area contributed by atoms with E-state index < -0.39 is 30.2 Å². The first-order valence-electron chi connectivity index (χ1n) is 6.04. The highest BCUT2D eigenvalue weighted by Gasteiger charge is 2.43. The number of hydrogen-bond acceptors (Lipinski definition) is 4. The third-order valence-corrected chi connectivity index (χ3v) is 2.54. The number of halogens is 3. The van der Waals surface area contributed by atoms with Crippen LogP contribution in [-0.4, -0.2) is 35.8 Å². The number of esters is 1. The zero-order valence-corrected chi connectivity index (χ0v) is 11.1. The van der Waals surface area contributed by atoms with E-state index in [-0.39, 0.29) is 12.2 Å². The number of nitrogens with one attached hydrogen (secondary N) is 1. The van der Waals surface area contributed by atoms with Gasteiger partial charge in [0.25, 0.3) is 0 Å². The predicted octanol–water partition coefficient (Wildman–Crippen LogP) is 1.33. The summed E-state index contributed by atoms with van der Waals surface area (Å²) >= 11 is 0. The van der Waals surface area contributed by atoms with Crippen molar-refractivity contribution in [2.24, 2.45) is 0 Å². The summed E-state index contributed by atoms with van der Waals surface area (Å²) in [7, 11) is 0. The average Bonchev–Trinajstić information content (AvgIpc) is 2.43. The molecule has 0 aliphatic heterocycles. The Morgan fingerprint density at radius 1 is 1.29 bits per heavy atom. The van der Waals surface area contributed by atoms with Crippen molar-refractivity contribution in [3.05, 3.63) is 35.9 Å². The summed E-state index contributed by atoms with van der Waals surface area (Å²) in [5, 5.41) is 11.5. The van der Waals surface area contributed by atoms with Crippen LogP contribution < -0.4 is 5.32 Å². The van der Waals surface area contributed by atoms with Crippen molar-refractivity contribution in [1.29, 1.82) is 0 Å². The number of benzene rings is 1. The van der Waals surface area contributed by atoms with Crippen molar-refractivity contribution in [1.82, 2.24) is 5.32 Å². The third kappa shape index (κ3) is 4.75. The van der Waals surface area contributed by atoms with Gasteiger partial charge in [-0.25, -0.2) is 4.79 Å². The van der Waals surface area contributed by atoms with Crippen LogP contribution in [-0.2, 0) is 14.3 Å². The van der Waals surface area contributed by atoms with Gasteiger partial charge in [-0.15, -0.1) is 0 Å². The summed E-state index contributed by atoms with van der Waals surface area (Å²) in [6.07, 6.45) is -6.82. The summed E-state index contributed by atoms with van der Waals surface area (Å²) in [5.74, 6) is -3.47. The third-order valence-electron chi connectivity index (χ3n) is 2.54. The van der Waals surface area contributed by atoms with Crippen molar-refractivity contribution < 1.29 is 32.6 Å². The topological polar surface area (TPSA) is 75.6 Å². The number of aliphatic hydroxyl groups excluding tert-OH is 1. The highest BCUT2D eigenvalue weighted by atomic mass is 19.4. The maximum Gasteiger partial charge on any atom is 0.471 e. The zero-order chi connectivity index (χ0) is 16.0. The minimum absolute atomic E-state index is 0.0985. The van der Waals surface area contributed by atoms with Crippen LogP contribution in [0.3, 0.4) is 0 Å². The van der Waals surface area contributed by atoms with E-state index in [4.69, 9.17) is 0 Å². The standard InChI is InChI=1S/C13H14F3NO4/c1-2-21-11(19)9(17-12(20)13(14,15)16)10(18)8-6-4-3-5-7-8/h3-7,9-10,18H,2H2,1H3,(H,17,20). The highest BCUT2D eigenvalue weighted by molar-refractivity contribution is 5.88. The molecule has 0 aliphatic rings. The highest BCUT2D eigenvalue weighted by Crippen LogP contribution is 2.20. The van der Waals surface area contributed by atoms with E-state index in [0.29, 0.717) is 0 Å². The summed E-state index contributed by atoms with van der Waals surface area (Å²) in [6.45, 7) is 1.36. The SMILES string of the molecule is CCOC(=O)C(NC(=O)C(F)(F)F)C(O)c1ccccc1. The lowest BCUT2D eigenvalue weighted by atomic mass is 10.0. The lowest BCUT2D eigenvalue weighted by molar-refractivity contribution is -0.177. The molecule has 1 aromatic carbocycles. The van der Waals surface area contributed by atoms with E-state index >= 15 is 0 Å². The molecule has 21 heavy (non-hydrogen) atoms. The molecule has 5 nitrogen and oxygen atoms in total. The van der Waals surface area contributed by atoms with E-state index in [2.05, 4.69) is 4.74 Å². The molecule has 116 valence electrons. The maximum absolute atomic E-state index is 12.3. The zero-order valence-electron chi connectivity index (χ0n) is 11.1. The van der Waals surface area contributed by atoms with Crippen LogP contribution in [0.25, 0.3) is 0 Å². The molecule has 0 fully saturated rings. The Bertz CT molecular complexity index is 490. The second-order valence-electron chi connectivity index (χ2n) is 4.06. The van der Waals surface area contributed by atoms with Gasteiger partial charge in [0.15, 0.2) is 6.04 Å². The molecule has 8 heteroatoms. The van der Waals surface area contributed by atoms with E-state index in [9.17, 15) is 27.9 Å². The molecule has 1 rings (SSSR count). The predicted molar refractivity (Wildman–Crippen MR) is 66.0 cm³/mol. The molecule has 2 atom stereocenters. The molecule has 0 heterocycles. The molecule has 0 aliphatic carbocycles. The van der Waals surface area contributed by atoms with Gasteiger partial charge in [-0.1, -0.05) is 30.3 Å². The Hall–Kier alpha value is -2.09. The number of ether oxygens (including phenoxy) is 1. The van der Waals surface area contributed by atoms with Crippen molar-refractivity contribution >= 4 is 11.9 Å². The summed E-state index contributed by atoms with van der Waals surface area (Å²) in [6, 6.07) is 5.68. The summed E-state index contributed by atoms with van der Waals surface area (Å²) < 4.78 is 41.4. The van der Waals surface area contributed by atoms with Crippen LogP contribution >= 0.6 is 0 Å². The molecule has 0 spiro atoms.